The van der Waals surface area contributed by atoms with Gasteiger partial charge in [-0.1, -0.05) is 54.1 Å². The number of fused-ring (bicyclic) bond motifs is 1. The van der Waals surface area contributed by atoms with Crippen molar-refractivity contribution in [1.82, 2.24) is 0 Å². The minimum Gasteiger partial charge on any atom is -0.206 e. The SMILES string of the molecule is Fc1cccc(C(Cl)c2ccc(Cl)c3ccccc23)c1Br. The Hall–Kier alpha value is -1.09. The number of halogens is 4. The van der Waals surface area contributed by atoms with E-state index in [1.54, 1.807) is 6.07 Å². The van der Waals surface area contributed by atoms with Crippen LogP contribution < -0.4 is 0 Å². The lowest BCUT2D eigenvalue weighted by atomic mass is 9.98. The summed E-state index contributed by atoms with van der Waals surface area (Å²) in [6.45, 7) is 0. The second-order valence-corrected chi connectivity index (χ2v) is 6.32. The van der Waals surface area contributed by atoms with Crippen molar-refractivity contribution in [1.29, 1.82) is 0 Å². The van der Waals surface area contributed by atoms with Crippen LogP contribution >= 0.6 is 39.1 Å². The zero-order chi connectivity index (χ0) is 15.0. The summed E-state index contributed by atoms with van der Waals surface area (Å²) < 4.78 is 14.1. The molecule has 1 unspecified atom stereocenters. The van der Waals surface area contributed by atoms with Crippen LogP contribution in [0, 0.1) is 5.82 Å². The van der Waals surface area contributed by atoms with Gasteiger partial charge in [0, 0.05) is 10.4 Å². The Morgan fingerprint density at radius 2 is 1.57 bits per heavy atom. The number of benzene rings is 3. The first kappa shape index (κ1) is 14.8. The van der Waals surface area contributed by atoms with Crippen LogP contribution in [0.2, 0.25) is 5.02 Å². The molecule has 0 amide bonds. The lowest BCUT2D eigenvalue weighted by Gasteiger charge is -2.16. The van der Waals surface area contributed by atoms with Crippen molar-refractivity contribution in [3.05, 3.63) is 81.0 Å². The Kier molecular flexibility index (Phi) is 4.21. The summed E-state index contributed by atoms with van der Waals surface area (Å²) in [7, 11) is 0. The van der Waals surface area contributed by atoms with Crippen LogP contribution in [0.15, 0.2) is 59.1 Å². The van der Waals surface area contributed by atoms with Crippen molar-refractivity contribution in [2.45, 2.75) is 5.38 Å². The van der Waals surface area contributed by atoms with Gasteiger partial charge in [0.2, 0.25) is 0 Å². The Balaban J connectivity index is 2.21. The molecule has 0 radical (unpaired) electrons. The molecule has 0 saturated heterocycles. The van der Waals surface area contributed by atoms with Crippen LogP contribution in [0.1, 0.15) is 16.5 Å². The van der Waals surface area contributed by atoms with Gasteiger partial charge in [-0.05, 0) is 44.6 Å². The third-order valence-electron chi connectivity index (χ3n) is 3.43. The molecule has 4 heteroatoms. The second kappa shape index (κ2) is 5.96. The maximum absolute atomic E-state index is 13.7. The minimum absolute atomic E-state index is 0.323. The standard InChI is InChI=1S/C17H10BrCl2F/c18-16-13(6-3-7-15(16)21)17(20)12-8-9-14(19)11-5-2-1-4-10(11)12/h1-9,17H. The highest BCUT2D eigenvalue weighted by Gasteiger charge is 2.18. The highest BCUT2D eigenvalue weighted by Crippen LogP contribution is 2.39. The predicted molar refractivity (Wildman–Crippen MR) is 90.8 cm³/mol. The Morgan fingerprint density at radius 3 is 2.33 bits per heavy atom. The van der Waals surface area contributed by atoms with E-state index in [1.165, 1.54) is 6.07 Å². The zero-order valence-electron chi connectivity index (χ0n) is 10.8. The van der Waals surface area contributed by atoms with Crippen LogP contribution in [0.4, 0.5) is 4.39 Å². The molecule has 0 aliphatic rings. The van der Waals surface area contributed by atoms with Gasteiger partial charge in [0.1, 0.15) is 5.82 Å². The molecule has 0 nitrogen and oxygen atoms in total. The van der Waals surface area contributed by atoms with Crippen molar-refractivity contribution in [3.63, 3.8) is 0 Å². The van der Waals surface area contributed by atoms with E-state index in [0.29, 0.717) is 15.1 Å². The predicted octanol–water partition coefficient (Wildman–Crippen LogP) is 6.72. The fourth-order valence-electron chi connectivity index (χ4n) is 2.39. The van der Waals surface area contributed by atoms with Gasteiger partial charge in [0.25, 0.3) is 0 Å². The van der Waals surface area contributed by atoms with E-state index in [4.69, 9.17) is 23.2 Å². The first-order chi connectivity index (χ1) is 10.1. The summed E-state index contributed by atoms with van der Waals surface area (Å²) in [5, 5.41) is 2.13. The van der Waals surface area contributed by atoms with Crippen molar-refractivity contribution in [3.8, 4) is 0 Å². The summed E-state index contributed by atoms with van der Waals surface area (Å²) in [6.07, 6.45) is 0. The maximum Gasteiger partial charge on any atom is 0.137 e. The average molecular weight is 384 g/mol. The van der Waals surface area contributed by atoms with E-state index in [1.807, 2.05) is 42.5 Å². The molecular weight excluding hydrogens is 374 g/mol. The number of hydrogen-bond donors (Lipinski definition) is 0. The number of alkyl halides is 1. The van der Waals surface area contributed by atoms with Crippen molar-refractivity contribution < 1.29 is 4.39 Å². The molecule has 0 bridgehead atoms. The fourth-order valence-corrected chi connectivity index (χ4v) is 3.62. The quantitative estimate of drug-likeness (QED) is 0.430. The summed E-state index contributed by atoms with van der Waals surface area (Å²) in [6, 6.07) is 16.4. The van der Waals surface area contributed by atoms with Crippen LogP contribution in [0.25, 0.3) is 10.8 Å². The molecule has 3 aromatic rings. The van der Waals surface area contributed by atoms with Crippen molar-refractivity contribution in [2.24, 2.45) is 0 Å². The lowest BCUT2D eigenvalue weighted by Crippen LogP contribution is -1.97. The first-order valence-electron chi connectivity index (χ1n) is 6.34. The normalized spacial score (nSPS) is 12.6. The van der Waals surface area contributed by atoms with Gasteiger partial charge < -0.3 is 0 Å². The second-order valence-electron chi connectivity index (χ2n) is 4.69. The molecule has 0 aliphatic carbocycles. The van der Waals surface area contributed by atoms with Crippen molar-refractivity contribution in [2.75, 3.05) is 0 Å². The smallest absolute Gasteiger partial charge is 0.137 e. The third-order valence-corrected chi connectivity index (χ3v) is 5.07. The molecule has 3 rings (SSSR count). The maximum atomic E-state index is 13.7. The molecule has 0 heterocycles. The summed E-state index contributed by atoms with van der Waals surface area (Å²) >= 11 is 16.1. The minimum atomic E-state index is -0.461. The van der Waals surface area contributed by atoms with Crippen LogP contribution in [-0.4, -0.2) is 0 Å². The zero-order valence-corrected chi connectivity index (χ0v) is 13.9. The van der Waals surface area contributed by atoms with Gasteiger partial charge in [-0.15, -0.1) is 11.6 Å². The van der Waals surface area contributed by atoms with E-state index in [0.717, 1.165) is 16.3 Å². The average Bonchev–Trinajstić information content (AvgIpc) is 2.50. The van der Waals surface area contributed by atoms with E-state index < -0.39 is 5.38 Å². The van der Waals surface area contributed by atoms with E-state index in [-0.39, 0.29) is 5.82 Å². The molecule has 0 N–H and O–H groups in total. The van der Waals surface area contributed by atoms with Gasteiger partial charge >= 0.3 is 0 Å². The van der Waals surface area contributed by atoms with E-state index in [2.05, 4.69) is 15.9 Å². The number of rotatable bonds is 2. The molecule has 0 spiro atoms. The molecule has 3 aromatic carbocycles. The molecule has 0 aliphatic heterocycles. The van der Waals surface area contributed by atoms with Crippen LogP contribution in [-0.2, 0) is 0 Å². The molecule has 1 atom stereocenters. The van der Waals surface area contributed by atoms with Gasteiger partial charge in [-0.3, -0.25) is 0 Å². The van der Waals surface area contributed by atoms with Gasteiger partial charge in [-0.25, -0.2) is 4.39 Å². The van der Waals surface area contributed by atoms with Crippen LogP contribution in [0.3, 0.4) is 0 Å². The summed E-state index contributed by atoms with van der Waals surface area (Å²) in [5.74, 6) is -0.323. The van der Waals surface area contributed by atoms with E-state index >= 15 is 0 Å². The Morgan fingerprint density at radius 1 is 0.857 bits per heavy atom. The molecule has 21 heavy (non-hydrogen) atoms. The van der Waals surface area contributed by atoms with Gasteiger partial charge in [0.05, 0.1) is 9.85 Å². The molecular formula is C17H10BrCl2F. The molecule has 106 valence electrons. The highest BCUT2D eigenvalue weighted by molar-refractivity contribution is 9.10. The monoisotopic (exact) mass is 382 g/mol. The topological polar surface area (TPSA) is 0 Å². The van der Waals surface area contributed by atoms with Gasteiger partial charge in [0.15, 0.2) is 0 Å². The van der Waals surface area contributed by atoms with Crippen LogP contribution in [0.5, 0.6) is 0 Å². The first-order valence-corrected chi connectivity index (χ1v) is 7.95. The molecule has 0 saturated carbocycles. The van der Waals surface area contributed by atoms with Crippen molar-refractivity contribution >= 4 is 49.9 Å². The molecule has 0 aromatic heterocycles. The summed E-state index contributed by atoms with van der Waals surface area (Å²) in [5.41, 5.74) is 1.60. The fraction of sp³-hybridized carbons (Fsp3) is 0.0588. The largest absolute Gasteiger partial charge is 0.206 e. The Labute approximate surface area is 140 Å². The Bertz CT molecular complexity index is 817. The van der Waals surface area contributed by atoms with Gasteiger partial charge in [-0.2, -0.15) is 0 Å². The molecule has 0 fully saturated rings. The van der Waals surface area contributed by atoms with E-state index in [9.17, 15) is 4.39 Å². The lowest BCUT2D eigenvalue weighted by molar-refractivity contribution is 0.618. The summed E-state index contributed by atoms with van der Waals surface area (Å²) in [4.78, 5) is 0. The highest BCUT2D eigenvalue weighted by atomic mass is 79.9. The third kappa shape index (κ3) is 2.68. The number of hydrogen-bond acceptors (Lipinski definition) is 0.